The quantitative estimate of drug-likeness (QED) is 0.419. The van der Waals surface area contributed by atoms with Crippen molar-refractivity contribution in [3.8, 4) is 0 Å². The van der Waals surface area contributed by atoms with E-state index in [4.69, 9.17) is 4.74 Å². The SMILES string of the molecule is Cc1cccc(C(=O)OOOC(=O)OC2CC(C)CCC2C(C)C)c1C. The van der Waals surface area contributed by atoms with Crippen LogP contribution in [0.3, 0.4) is 0 Å². The molecule has 0 aromatic heterocycles. The Morgan fingerprint density at radius 2 is 1.85 bits per heavy atom. The van der Waals surface area contributed by atoms with E-state index in [1.54, 1.807) is 19.1 Å². The van der Waals surface area contributed by atoms with Crippen LogP contribution in [0.15, 0.2) is 18.2 Å². The molecule has 0 spiro atoms. The molecule has 3 unspecified atom stereocenters. The maximum absolute atomic E-state index is 12.0. The fourth-order valence-corrected chi connectivity index (χ4v) is 3.49. The van der Waals surface area contributed by atoms with E-state index in [0.717, 1.165) is 30.4 Å². The van der Waals surface area contributed by atoms with Crippen molar-refractivity contribution in [2.24, 2.45) is 17.8 Å². The molecular formula is C20H28O6. The molecule has 26 heavy (non-hydrogen) atoms. The highest BCUT2D eigenvalue weighted by molar-refractivity contribution is 5.90. The molecule has 0 bridgehead atoms. The highest BCUT2D eigenvalue weighted by Gasteiger charge is 2.34. The van der Waals surface area contributed by atoms with Crippen LogP contribution in [-0.4, -0.2) is 18.2 Å². The Labute approximate surface area is 154 Å². The minimum atomic E-state index is -0.997. The number of hydrogen-bond donors (Lipinski definition) is 0. The molecule has 1 aliphatic carbocycles. The predicted molar refractivity (Wildman–Crippen MR) is 95.1 cm³/mol. The molecule has 0 radical (unpaired) electrons. The third kappa shape index (κ3) is 5.21. The fraction of sp³-hybridized carbons (Fsp3) is 0.600. The Morgan fingerprint density at radius 1 is 1.12 bits per heavy atom. The Bertz CT molecular complexity index is 639. The molecule has 1 fully saturated rings. The summed E-state index contributed by atoms with van der Waals surface area (Å²) in [6.45, 7) is 10.1. The first-order valence-corrected chi connectivity index (χ1v) is 9.12. The molecule has 3 atom stereocenters. The zero-order valence-electron chi connectivity index (χ0n) is 16.1. The first kappa shape index (κ1) is 20.2. The number of aryl methyl sites for hydroxylation is 1. The van der Waals surface area contributed by atoms with Crippen molar-refractivity contribution in [1.29, 1.82) is 0 Å². The first-order chi connectivity index (χ1) is 12.3. The molecule has 1 aromatic rings. The largest absolute Gasteiger partial charge is 0.543 e. The van der Waals surface area contributed by atoms with Crippen molar-refractivity contribution >= 4 is 12.1 Å². The van der Waals surface area contributed by atoms with Crippen molar-refractivity contribution in [3.63, 3.8) is 0 Å². The summed E-state index contributed by atoms with van der Waals surface area (Å²) in [5.41, 5.74) is 2.08. The van der Waals surface area contributed by atoms with Crippen LogP contribution in [0.1, 0.15) is 61.5 Å². The summed E-state index contributed by atoms with van der Waals surface area (Å²) < 4.78 is 5.39. The van der Waals surface area contributed by atoms with Crippen LogP contribution < -0.4 is 0 Å². The highest BCUT2D eigenvalue weighted by Crippen LogP contribution is 2.35. The zero-order valence-corrected chi connectivity index (χ0v) is 16.1. The van der Waals surface area contributed by atoms with Crippen LogP contribution in [0.25, 0.3) is 0 Å². The molecular weight excluding hydrogens is 336 g/mol. The third-order valence-corrected chi connectivity index (χ3v) is 5.25. The maximum Gasteiger partial charge on any atom is 0.543 e. The molecule has 6 heteroatoms. The van der Waals surface area contributed by atoms with Gasteiger partial charge in [0.15, 0.2) is 0 Å². The van der Waals surface area contributed by atoms with Crippen molar-refractivity contribution in [1.82, 2.24) is 0 Å². The Kier molecular flexibility index (Phi) is 7.03. The molecule has 0 aliphatic heterocycles. The normalized spacial score (nSPS) is 22.8. The van der Waals surface area contributed by atoms with Crippen molar-refractivity contribution in [2.45, 2.75) is 60.0 Å². The van der Waals surface area contributed by atoms with E-state index in [1.807, 2.05) is 13.0 Å². The van der Waals surface area contributed by atoms with Gasteiger partial charge in [-0.1, -0.05) is 39.3 Å². The zero-order chi connectivity index (χ0) is 19.3. The van der Waals surface area contributed by atoms with Gasteiger partial charge in [-0.2, -0.15) is 0 Å². The van der Waals surface area contributed by atoms with Gasteiger partial charge in [0.05, 0.1) is 10.6 Å². The number of carbonyl (C=O) groups excluding carboxylic acids is 2. The number of benzene rings is 1. The van der Waals surface area contributed by atoms with Crippen molar-refractivity contribution in [2.75, 3.05) is 0 Å². The summed E-state index contributed by atoms with van der Waals surface area (Å²) in [5, 5.41) is 4.35. The average molecular weight is 364 g/mol. The number of hydrogen-bond acceptors (Lipinski definition) is 6. The monoisotopic (exact) mass is 364 g/mol. The second kappa shape index (κ2) is 9.03. The van der Waals surface area contributed by atoms with E-state index in [2.05, 4.69) is 35.6 Å². The van der Waals surface area contributed by atoms with Gasteiger partial charge in [-0.05, 0) is 61.6 Å². The molecule has 0 amide bonds. The summed E-state index contributed by atoms with van der Waals surface area (Å²) in [5.74, 6) is 0.454. The minimum Gasteiger partial charge on any atom is -0.429 e. The van der Waals surface area contributed by atoms with E-state index < -0.39 is 12.1 Å². The van der Waals surface area contributed by atoms with Crippen LogP contribution in [-0.2, 0) is 19.6 Å². The standard InChI is InChI=1S/C20H28O6/c1-12(2)16-10-9-13(3)11-18(16)23-20(22)25-26-24-19(21)17-8-6-7-14(4)15(17)5/h6-8,12-13,16,18H,9-11H2,1-5H3. The average Bonchev–Trinajstić information content (AvgIpc) is 2.57. The van der Waals surface area contributed by atoms with Gasteiger partial charge in [0.25, 0.3) is 0 Å². The number of rotatable bonds is 5. The second-order valence-corrected chi connectivity index (χ2v) is 7.50. The lowest BCUT2D eigenvalue weighted by Gasteiger charge is -2.36. The lowest BCUT2D eigenvalue weighted by molar-refractivity contribution is -0.453. The van der Waals surface area contributed by atoms with Crippen molar-refractivity contribution in [3.05, 3.63) is 34.9 Å². The molecule has 0 heterocycles. The molecule has 0 N–H and O–H groups in total. The molecule has 144 valence electrons. The smallest absolute Gasteiger partial charge is 0.429 e. The molecule has 1 saturated carbocycles. The van der Waals surface area contributed by atoms with Gasteiger partial charge in [-0.25, -0.2) is 14.5 Å². The first-order valence-electron chi connectivity index (χ1n) is 9.12. The number of ether oxygens (including phenoxy) is 1. The summed E-state index contributed by atoms with van der Waals surface area (Å²) in [7, 11) is 0. The Morgan fingerprint density at radius 3 is 2.54 bits per heavy atom. The van der Waals surface area contributed by atoms with Crippen molar-refractivity contribution < 1.29 is 29.1 Å². The van der Waals surface area contributed by atoms with Gasteiger partial charge in [0.2, 0.25) is 0 Å². The lowest BCUT2D eigenvalue weighted by atomic mass is 9.75. The van der Waals surface area contributed by atoms with Gasteiger partial charge in [-0.15, -0.1) is 0 Å². The molecule has 6 nitrogen and oxygen atoms in total. The summed E-state index contributed by atoms with van der Waals surface area (Å²) in [6.07, 6.45) is 1.72. The lowest BCUT2D eigenvalue weighted by Crippen LogP contribution is -2.36. The van der Waals surface area contributed by atoms with Crippen LogP contribution in [0, 0.1) is 31.6 Å². The molecule has 0 saturated heterocycles. The fourth-order valence-electron chi connectivity index (χ4n) is 3.49. The molecule has 2 rings (SSSR count). The van der Waals surface area contributed by atoms with Gasteiger partial charge in [0, 0.05) is 0 Å². The van der Waals surface area contributed by atoms with Crippen LogP contribution in [0.4, 0.5) is 4.79 Å². The van der Waals surface area contributed by atoms with Crippen LogP contribution in [0.2, 0.25) is 0 Å². The van der Waals surface area contributed by atoms with Crippen LogP contribution in [0.5, 0.6) is 0 Å². The van der Waals surface area contributed by atoms with Gasteiger partial charge in [-0.3, -0.25) is 4.89 Å². The summed E-state index contributed by atoms with van der Waals surface area (Å²) in [4.78, 5) is 32.9. The molecule has 1 aromatic carbocycles. The number of carbonyl (C=O) groups is 2. The Hall–Kier alpha value is -2.08. The van der Waals surface area contributed by atoms with E-state index >= 15 is 0 Å². The maximum atomic E-state index is 12.0. The van der Waals surface area contributed by atoms with E-state index in [0.29, 0.717) is 17.4 Å². The van der Waals surface area contributed by atoms with Gasteiger partial charge >= 0.3 is 12.1 Å². The second-order valence-electron chi connectivity index (χ2n) is 7.50. The van der Waals surface area contributed by atoms with E-state index in [1.165, 1.54) is 0 Å². The van der Waals surface area contributed by atoms with E-state index in [9.17, 15) is 9.59 Å². The summed E-state index contributed by atoms with van der Waals surface area (Å²) >= 11 is 0. The van der Waals surface area contributed by atoms with Gasteiger partial charge in [0.1, 0.15) is 6.10 Å². The highest BCUT2D eigenvalue weighted by atomic mass is 17.5. The Balaban J connectivity index is 1.82. The predicted octanol–water partition coefficient (Wildman–Crippen LogP) is 4.92. The topological polar surface area (TPSA) is 71.1 Å². The molecule has 1 aliphatic rings. The van der Waals surface area contributed by atoms with Gasteiger partial charge < -0.3 is 4.74 Å². The van der Waals surface area contributed by atoms with Crippen LogP contribution >= 0.6 is 0 Å². The summed E-state index contributed by atoms with van der Waals surface area (Å²) in [6, 6.07) is 5.24. The minimum absolute atomic E-state index is 0.218. The third-order valence-electron chi connectivity index (χ3n) is 5.25. The van der Waals surface area contributed by atoms with E-state index in [-0.39, 0.29) is 12.0 Å².